The molecule has 1 heterocycles. The Morgan fingerprint density at radius 2 is 1.86 bits per heavy atom. The highest BCUT2D eigenvalue weighted by Crippen LogP contribution is 2.35. The normalized spacial score (nSPS) is 37.5. The van der Waals surface area contributed by atoms with Crippen LogP contribution in [0, 0.1) is 0 Å². The summed E-state index contributed by atoms with van der Waals surface area (Å²) < 4.78 is 11.0. The van der Waals surface area contributed by atoms with Crippen LogP contribution < -0.4 is 11.1 Å². The molecule has 1 aliphatic heterocycles. The summed E-state index contributed by atoms with van der Waals surface area (Å²) in [6.45, 7) is 5.82. The summed E-state index contributed by atoms with van der Waals surface area (Å²) in [4.78, 5) is 14.3. The number of ether oxygens (including phenoxy) is 2. The molecule has 1 aliphatic carbocycles. The molecule has 21 heavy (non-hydrogen) atoms. The van der Waals surface area contributed by atoms with Crippen molar-refractivity contribution in [1.82, 2.24) is 10.2 Å². The second-order valence-electron chi connectivity index (χ2n) is 6.64. The number of amides is 1. The number of methoxy groups -OCH3 is 2. The molecule has 1 saturated heterocycles. The Balaban J connectivity index is 2.03. The maximum absolute atomic E-state index is 12.0. The lowest BCUT2D eigenvalue weighted by Gasteiger charge is -2.31. The molecule has 2 aliphatic rings. The molecule has 0 bridgehead atoms. The standard InChI is InChI=1S/C15H29N3O3/c1-10(2)17-15(14(16)19)6-5-11(7-15)18-8-12(20-3)13(9-18)21-4/h10-13,17H,5-9H2,1-4H3,(H2,16,19). The van der Waals surface area contributed by atoms with E-state index in [9.17, 15) is 4.79 Å². The predicted molar refractivity (Wildman–Crippen MR) is 81.0 cm³/mol. The first kappa shape index (κ1) is 16.7. The van der Waals surface area contributed by atoms with Gasteiger partial charge in [-0.1, -0.05) is 0 Å². The van der Waals surface area contributed by atoms with E-state index in [2.05, 4.69) is 24.1 Å². The lowest BCUT2D eigenvalue weighted by molar-refractivity contribution is -0.124. The first-order valence-corrected chi connectivity index (χ1v) is 7.79. The van der Waals surface area contributed by atoms with Gasteiger partial charge in [0.15, 0.2) is 0 Å². The first-order valence-electron chi connectivity index (χ1n) is 7.79. The number of carbonyl (C=O) groups is 1. The molecule has 2 fully saturated rings. The molecule has 4 atom stereocenters. The van der Waals surface area contributed by atoms with Crippen molar-refractivity contribution in [2.24, 2.45) is 5.73 Å². The van der Waals surface area contributed by atoms with Crippen LogP contribution in [-0.4, -0.2) is 67.9 Å². The SMILES string of the molecule is COC1CN(C2CCC(NC(C)C)(C(N)=O)C2)CC1OC. The zero-order chi connectivity index (χ0) is 15.6. The highest BCUT2D eigenvalue weighted by molar-refractivity contribution is 5.85. The van der Waals surface area contributed by atoms with Crippen LogP contribution in [0.1, 0.15) is 33.1 Å². The molecular weight excluding hydrogens is 270 g/mol. The zero-order valence-electron chi connectivity index (χ0n) is 13.6. The van der Waals surface area contributed by atoms with E-state index in [0.29, 0.717) is 6.04 Å². The van der Waals surface area contributed by atoms with Gasteiger partial charge >= 0.3 is 0 Å². The van der Waals surface area contributed by atoms with Crippen LogP contribution in [0.25, 0.3) is 0 Å². The Labute approximate surface area is 127 Å². The van der Waals surface area contributed by atoms with Crippen molar-refractivity contribution in [3.63, 3.8) is 0 Å². The number of nitrogens with zero attached hydrogens (tertiary/aromatic N) is 1. The maximum Gasteiger partial charge on any atom is 0.237 e. The molecule has 6 heteroatoms. The van der Waals surface area contributed by atoms with E-state index < -0.39 is 5.54 Å². The average molecular weight is 299 g/mol. The van der Waals surface area contributed by atoms with Gasteiger partial charge in [0.25, 0.3) is 0 Å². The molecule has 0 aromatic carbocycles. The monoisotopic (exact) mass is 299 g/mol. The molecule has 0 aromatic heterocycles. The van der Waals surface area contributed by atoms with Crippen LogP contribution in [-0.2, 0) is 14.3 Å². The molecule has 0 radical (unpaired) electrons. The summed E-state index contributed by atoms with van der Waals surface area (Å²) in [5.41, 5.74) is 5.12. The van der Waals surface area contributed by atoms with Crippen molar-refractivity contribution in [3.8, 4) is 0 Å². The minimum Gasteiger partial charge on any atom is -0.377 e. The van der Waals surface area contributed by atoms with E-state index in [0.717, 1.165) is 32.4 Å². The molecule has 0 aromatic rings. The van der Waals surface area contributed by atoms with Gasteiger partial charge in [0.1, 0.15) is 0 Å². The number of hydrogen-bond donors (Lipinski definition) is 2. The van der Waals surface area contributed by atoms with E-state index in [-0.39, 0.29) is 24.2 Å². The molecule has 122 valence electrons. The maximum atomic E-state index is 12.0. The van der Waals surface area contributed by atoms with Crippen LogP contribution in [0.3, 0.4) is 0 Å². The van der Waals surface area contributed by atoms with E-state index in [1.165, 1.54) is 0 Å². The minimum atomic E-state index is -0.563. The Kier molecular flexibility index (Phi) is 5.24. The van der Waals surface area contributed by atoms with Crippen LogP contribution in [0.4, 0.5) is 0 Å². The fraction of sp³-hybridized carbons (Fsp3) is 0.933. The number of nitrogens with one attached hydrogen (secondary N) is 1. The third-order valence-corrected chi connectivity index (χ3v) is 4.89. The van der Waals surface area contributed by atoms with Crippen molar-refractivity contribution >= 4 is 5.91 Å². The second kappa shape index (κ2) is 6.60. The Morgan fingerprint density at radius 3 is 2.29 bits per heavy atom. The molecule has 2 rings (SSSR count). The van der Waals surface area contributed by atoms with Gasteiger partial charge in [0.2, 0.25) is 5.91 Å². The van der Waals surface area contributed by atoms with Crippen LogP contribution in [0.5, 0.6) is 0 Å². The highest BCUT2D eigenvalue weighted by atomic mass is 16.5. The molecule has 4 unspecified atom stereocenters. The molecule has 6 nitrogen and oxygen atoms in total. The lowest BCUT2D eigenvalue weighted by Crippen LogP contribution is -2.56. The minimum absolute atomic E-state index is 0.108. The van der Waals surface area contributed by atoms with Crippen LogP contribution in [0.15, 0.2) is 0 Å². The fourth-order valence-electron chi connectivity index (χ4n) is 3.83. The van der Waals surface area contributed by atoms with Gasteiger partial charge in [0.05, 0.1) is 17.7 Å². The van der Waals surface area contributed by atoms with Gasteiger partial charge in [0, 0.05) is 39.4 Å². The highest BCUT2D eigenvalue weighted by Gasteiger charge is 2.48. The molecule has 1 amide bonds. The van der Waals surface area contributed by atoms with Gasteiger partial charge in [-0.3, -0.25) is 9.69 Å². The number of rotatable bonds is 6. The van der Waals surface area contributed by atoms with Gasteiger partial charge in [-0.25, -0.2) is 0 Å². The largest absolute Gasteiger partial charge is 0.377 e. The van der Waals surface area contributed by atoms with Crippen molar-refractivity contribution in [2.45, 2.75) is 62.9 Å². The third-order valence-electron chi connectivity index (χ3n) is 4.89. The lowest BCUT2D eigenvalue weighted by atomic mass is 9.95. The zero-order valence-corrected chi connectivity index (χ0v) is 13.6. The quantitative estimate of drug-likeness (QED) is 0.728. The van der Waals surface area contributed by atoms with E-state index in [1.54, 1.807) is 14.2 Å². The summed E-state index contributed by atoms with van der Waals surface area (Å²) in [5.74, 6) is -0.232. The van der Waals surface area contributed by atoms with Crippen molar-refractivity contribution in [1.29, 1.82) is 0 Å². The van der Waals surface area contributed by atoms with E-state index in [1.807, 2.05) is 0 Å². The topological polar surface area (TPSA) is 76.8 Å². The smallest absolute Gasteiger partial charge is 0.237 e. The number of carbonyl (C=O) groups excluding carboxylic acids is 1. The third kappa shape index (κ3) is 3.39. The van der Waals surface area contributed by atoms with E-state index >= 15 is 0 Å². The van der Waals surface area contributed by atoms with Crippen molar-refractivity contribution < 1.29 is 14.3 Å². The van der Waals surface area contributed by atoms with Gasteiger partial charge in [-0.2, -0.15) is 0 Å². The van der Waals surface area contributed by atoms with Gasteiger partial charge in [-0.05, 0) is 33.1 Å². The first-order chi connectivity index (χ1) is 9.91. The van der Waals surface area contributed by atoms with Gasteiger partial charge < -0.3 is 20.5 Å². The Bertz CT molecular complexity index is 365. The molecule has 1 saturated carbocycles. The second-order valence-corrected chi connectivity index (χ2v) is 6.64. The number of primary amides is 1. The summed E-state index contributed by atoms with van der Waals surface area (Å²) in [7, 11) is 3.45. The summed E-state index contributed by atoms with van der Waals surface area (Å²) >= 11 is 0. The summed E-state index contributed by atoms with van der Waals surface area (Å²) in [6, 6.07) is 0.606. The van der Waals surface area contributed by atoms with Crippen LogP contribution in [0.2, 0.25) is 0 Å². The molecular formula is C15H29N3O3. The van der Waals surface area contributed by atoms with Gasteiger partial charge in [-0.15, -0.1) is 0 Å². The number of likely N-dealkylation sites (tertiary alicyclic amines) is 1. The fourth-order valence-corrected chi connectivity index (χ4v) is 3.83. The summed E-state index contributed by atoms with van der Waals surface area (Å²) in [6.07, 6.45) is 2.77. The summed E-state index contributed by atoms with van der Waals surface area (Å²) in [5, 5.41) is 3.39. The number of nitrogens with two attached hydrogens (primary N) is 1. The Hall–Kier alpha value is -0.690. The van der Waals surface area contributed by atoms with Crippen LogP contribution >= 0.6 is 0 Å². The number of hydrogen-bond acceptors (Lipinski definition) is 5. The van der Waals surface area contributed by atoms with Crippen molar-refractivity contribution in [2.75, 3.05) is 27.3 Å². The average Bonchev–Trinajstić information content (AvgIpc) is 3.01. The Morgan fingerprint density at radius 1 is 1.29 bits per heavy atom. The van der Waals surface area contributed by atoms with Crippen molar-refractivity contribution in [3.05, 3.63) is 0 Å². The predicted octanol–water partition coefficient (Wildman–Crippen LogP) is 0.107. The van der Waals surface area contributed by atoms with E-state index in [4.69, 9.17) is 15.2 Å². The molecule has 0 spiro atoms. The molecule has 3 N–H and O–H groups in total.